The van der Waals surface area contributed by atoms with Crippen LogP contribution in [0.3, 0.4) is 0 Å². The lowest BCUT2D eigenvalue weighted by atomic mass is 9.89. The van der Waals surface area contributed by atoms with Crippen molar-refractivity contribution in [2.24, 2.45) is 5.92 Å². The summed E-state index contributed by atoms with van der Waals surface area (Å²) in [5.41, 5.74) is 0.724. The van der Waals surface area contributed by atoms with Crippen molar-refractivity contribution < 1.29 is 9.53 Å². The van der Waals surface area contributed by atoms with E-state index in [0.29, 0.717) is 0 Å². The van der Waals surface area contributed by atoms with E-state index in [1.807, 2.05) is 24.3 Å². The van der Waals surface area contributed by atoms with Crippen LogP contribution >= 0.6 is 15.9 Å². The van der Waals surface area contributed by atoms with Crippen LogP contribution in [0.2, 0.25) is 0 Å². The molecule has 1 aromatic carbocycles. The van der Waals surface area contributed by atoms with E-state index in [0.717, 1.165) is 28.8 Å². The van der Waals surface area contributed by atoms with Gasteiger partial charge in [-0.3, -0.25) is 4.79 Å². The summed E-state index contributed by atoms with van der Waals surface area (Å²) in [5, 5.41) is 0. The number of carbonyl (C=O) groups is 1. The lowest BCUT2D eigenvalue weighted by molar-refractivity contribution is 0.0182. The monoisotopic (exact) mass is 310 g/mol. The Kier molecular flexibility index (Phi) is 4.95. The predicted octanol–water partition coefficient (Wildman–Crippen LogP) is 4.23. The topological polar surface area (TPSA) is 26.3 Å². The third-order valence-electron chi connectivity index (χ3n) is 3.50. The normalized spacial score (nSPS) is 23.9. The van der Waals surface area contributed by atoms with Crippen LogP contribution in [0.25, 0.3) is 0 Å². The number of benzene rings is 1. The third kappa shape index (κ3) is 3.92. The molecule has 0 aliphatic heterocycles. The third-order valence-corrected chi connectivity index (χ3v) is 4.03. The van der Waals surface area contributed by atoms with E-state index in [1.54, 1.807) is 0 Å². The average Bonchev–Trinajstić information content (AvgIpc) is 2.37. The van der Waals surface area contributed by atoms with Crippen LogP contribution < -0.4 is 0 Å². The van der Waals surface area contributed by atoms with Crippen molar-refractivity contribution in [2.75, 3.05) is 6.61 Å². The highest BCUT2D eigenvalue weighted by atomic mass is 79.9. The molecule has 1 fully saturated rings. The van der Waals surface area contributed by atoms with E-state index in [9.17, 15) is 4.79 Å². The quantitative estimate of drug-likeness (QED) is 0.778. The van der Waals surface area contributed by atoms with E-state index in [4.69, 9.17) is 4.74 Å². The number of ketones is 1. The number of ether oxygens (including phenoxy) is 1. The molecule has 0 amide bonds. The van der Waals surface area contributed by atoms with Gasteiger partial charge in [0.2, 0.25) is 0 Å². The fraction of sp³-hybridized carbons (Fsp3) is 0.533. The summed E-state index contributed by atoms with van der Waals surface area (Å²) < 4.78 is 6.73. The van der Waals surface area contributed by atoms with Gasteiger partial charge < -0.3 is 4.74 Å². The van der Waals surface area contributed by atoms with Gasteiger partial charge in [0.05, 0.1) is 6.10 Å². The van der Waals surface area contributed by atoms with E-state index in [-0.39, 0.29) is 18.5 Å². The zero-order valence-corrected chi connectivity index (χ0v) is 12.3. The summed E-state index contributed by atoms with van der Waals surface area (Å²) in [6.45, 7) is 2.46. The van der Waals surface area contributed by atoms with E-state index in [1.165, 1.54) is 12.8 Å². The Morgan fingerprint density at radius 3 is 2.72 bits per heavy atom. The molecule has 1 aromatic rings. The highest BCUT2D eigenvalue weighted by Gasteiger charge is 2.20. The molecule has 0 bridgehead atoms. The first kappa shape index (κ1) is 13.8. The number of hydrogen-bond donors (Lipinski definition) is 0. The molecule has 2 atom stereocenters. The van der Waals surface area contributed by atoms with Gasteiger partial charge in [-0.1, -0.05) is 47.8 Å². The maximum absolute atomic E-state index is 11.9. The second kappa shape index (κ2) is 6.48. The molecular weight excluding hydrogens is 292 g/mol. The van der Waals surface area contributed by atoms with Crippen LogP contribution in [0.15, 0.2) is 28.7 Å². The van der Waals surface area contributed by atoms with Crippen molar-refractivity contribution in [3.63, 3.8) is 0 Å². The molecule has 3 heteroatoms. The first-order chi connectivity index (χ1) is 8.65. The highest BCUT2D eigenvalue weighted by Crippen LogP contribution is 2.25. The van der Waals surface area contributed by atoms with Crippen LogP contribution in [0.5, 0.6) is 0 Å². The van der Waals surface area contributed by atoms with E-state index >= 15 is 0 Å². The molecule has 0 heterocycles. The number of hydrogen-bond acceptors (Lipinski definition) is 2. The number of rotatable bonds is 4. The molecule has 0 spiro atoms. The molecule has 18 heavy (non-hydrogen) atoms. The SMILES string of the molecule is CC1CCCC(OCC(=O)c2ccc(Br)cc2)C1. The molecule has 2 rings (SSSR count). The van der Waals surface area contributed by atoms with Crippen LogP contribution in [0, 0.1) is 5.92 Å². The number of carbonyl (C=O) groups excluding carboxylic acids is 1. The summed E-state index contributed by atoms with van der Waals surface area (Å²) in [5.74, 6) is 0.798. The van der Waals surface area contributed by atoms with Gasteiger partial charge >= 0.3 is 0 Å². The maximum atomic E-state index is 11.9. The predicted molar refractivity (Wildman–Crippen MR) is 75.8 cm³/mol. The molecule has 0 aromatic heterocycles. The van der Waals surface area contributed by atoms with Gasteiger partial charge in [0.1, 0.15) is 6.61 Å². The first-order valence-electron chi connectivity index (χ1n) is 6.55. The molecule has 1 saturated carbocycles. The standard InChI is InChI=1S/C15H19BrO2/c1-11-3-2-4-14(9-11)18-10-15(17)12-5-7-13(16)8-6-12/h5-8,11,14H,2-4,9-10H2,1H3. The maximum Gasteiger partial charge on any atom is 0.188 e. The van der Waals surface area contributed by atoms with Crippen LogP contribution in [-0.2, 0) is 4.74 Å². The molecule has 2 unspecified atom stereocenters. The zero-order valence-electron chi connectivity index (χ0n) is 10.7. The van der Waals surface area contributed by atoms with Gasteiger partial charge in [-0.15, -0.1) is 0 Å². The highest BCUT2D eigenvalue weighted by molar-refractivity contribution is 9.10. The Morgan fingerprint density at radius 1 is 1.33 bits per heavy atom. The van der Waals surface area contributed by atoms with Crippen LogP contribution in [-0.4, -0.2) is 18.5 Å². The fourth-order valence-corrected chi connectivity index (χ4v) is 2.71. The number of Topliss-reactive ketones (excluding diaryl/α,β-unsaturated/α-hetero) is 1. The molecule has 98 valence electrons. The van der Waals surface area contributed by atoms with Crippen molar-refractivity contribution in [2.45, 2.75) is 38.7 Å². The first-order valence-corrected chi connectivity index (χ1v) is 7.35. The Balaban J connectivity index is 1.82. The molecule has 2 nitrogen and oxygen atoms in total. The van der Waals surface area contributed by atoms with Crippen molar-refractivity contribution in [3.05, 3.63) is 34.3 Å². The van der Waals surface area contributed by atoms with Crippen molar-refractivity contribution in [1.82, 2.24) is 0 Å². The Hall–Kier alpha value is -0.670. The van der Waals surface area contributed by atoms with Gasteiger partial charge in [-0.25, -0.2) is 0 Å². The Labute approximate surface area is 117 Å². The summed E-state index contributed by atoms with van der Waals surface area (Å²) in [6.07, 6.45) is 4.97. The summed E-state index contributed by atoms with van der Waals surface area (Å²) in [7, 11) is 0. The molecule has 0 radical (unpaired) electrons. The van der Waals surface area contributed by atoms with Gasteiger partial charge in [-0.05, 0) is 30.9 Å². The minimum Gasteiger partial charge on any atom is -0.370 e. The van der Waals surface area contributed by atoms with Crippen LogP contribution in [0.1, 0.15) is 43.0 Å². The summed E-state index contributed by atoms with van der Waals surface area (Å²) >= 11 is 3.36. The number of halogens is 1. The van der Waals surface area contributed by atoms with E-state index < -0.39 is 0 Å². The van der Waals surface area contributed by atoms with Gasteiger partial charge in [-0.2, -0.15) is 0 Å². The average molecular weight is 311 g/mol. The van der Waals surface area contributed by atoms with Crippen molar-refractivity contribution >= 4 is 21.7 Å². The largest absolute Gasteiger partial charge is 0.370 e. The zero-order chi connectivity index (χ0) is 13.0. The molecule has 0 N–H and O–H groups in total. The minimum absolute atomic E-state index is 0.0701. The molecule has 1 aliphatic rings. The Bertz CT molecular complexity index is 399. The minimum atomic E-state index is 0.0701. The van der Waals surface area contributed by atoms with Crippen molar-refractivity contribution in [1.29, 1.82) is 0 Å². The lowest BCUT2D eigenvalue weighted by Gasteiger charge is -2.26. The lowest BCUT2D eigenvalue weighted by Crippen LogP contribution is -2.24. The molecule has 0 saturated heterocycles. The van der Waals surface area contributed by atoms with Gasteiger partial charge in [0.25, 0.3) is 0 Å². The summed E-state index contributed by atoms with van der Waals surface area (Å²) in [6, 6.07) is 7.43. The second-order valence-electron chi connectivity index (χ2n) is 5.13. The van der Waals surface area contributed by atoms with Gasteiger partial charge in [0, 0.05) is 10.0 Å². The molecular formula is C15H19BrO2. The van der Waals surface area contributed by atoms with E-state index in [2.05, 4.69) is 22.9 Å². The fourth-order valence-electron chi connectivity index (χ4n) is 2.44. The van der Waals surface area contributed by atoms with Crippen LogP contribution in [0.4, 0.5) is 0 Å². The second-order valence-corrected chi connectivity index (χ2v) is 6.05. The molecule has 1 aliphatic carbocycles. The Morgan fingerprint density at radius 2 is 2.06 bits per heavy atom. The summed E-state index contributed by atoms with van der Waals surface area (Å²) in [4.78, 5) is 11.9. The van der Waals surface area contributed by atoms with Crippen molar-refractivity contribution in [3.8, 4) is 0 Å². The smallest absolute Gasteiger partial charge is 0.188 e. The van der Waals surface area contributed by atoms with Gasteiger partial charge in [0.15, 0.2) is 5.78 Å².